The standard InChI is InChI=1S/C17H19N5O2/c1-10-4-5-11(2)14(8-10)22-16(23)7-6-13(21-22)17(24)18-15-9-12(3)19-20-15/h4-5,8-9H,6-7H2,1-3H3,(H2,18,19,20,24). The topological polar surface area (TPSA) is 90.4 Å². The number of aromatic amines is 1. The molecule has 0 spiro atoms. The maximum atomic E-state index is 12.4. The number of aromatic nitrogens is 2. The second-order valence-corrected chi connectivity index (χ2v) is 5.93. The molecule has 0 saturated carbocycles. The number of amides is 2. The first kappa shape index (κ1) is 15.9. The van der Waals surface area contributed by atoms with Crippen LogP contribution in [0.1, 0.15) is 29.7 Å². The number of anilines is 2. The molecule has 2 amide bonds. The van der Waals surface area contributed by atoms with Gasteiger partial charge in [0.25, 0.3) is 5.91 Å². The molecule has 1 aliphatic rings. The average Bonchev–Trinajstić information content (AvgIpc) is 2.95. The second kappa shape index (κ2) is 6.27. The Hall–Kier alpha value is -2.96. The second-order valence-electron chi connectivity index (χ2n) is 5.93. The van der Waals surface area contributed by atoms with Gasteiger partial charge in [0, 0.05) is 24.6 Å². The van der Waals surface area contributed by atoms with Crippen molar-refractivity contribution in [2.45, 2.75) is 33.6 Å². The molecular formula is C17H19N5O2. The van der Waals surface area contributed by atoms with Gasteiger partial charge in [-0.2, -0.15) is 10.2 Å². The first-order valence-corrected chi connectivity index (χ1v) is 7.75. The first-order valence-electron chi connectivity index (χ1n) is 7.75. The Labute approximate surface area is 139 Å². The van der Waals surface area contributed by atoms with Crippen molar-refractivity contribution < 1.29 is 9.59 Å². The van der Waals surface area contributed by atoms with Crippen LogP contribution in [0.2, 0.25) is 0 Å². The zero-order valence-electron chi connectivity index (χ0n) is 13.9. The molecule has 0 saturated heterocycles. The number of carbonyl (C=O) groups excluding carboxylic acids is 2. The largest absolute Gasteiger partial charge is 0.304 e. The van der Waals surface area contributed by atoms with Gasteiger partial charge in [0.05, 0.1) is 5.69 Å². The molecule has 7 nitrogen and oxygen atoms in total. The Balaban J connectivity index is 1.87. The third kappa shape index (κ3) is 3.19. The smallest absolute Gasteiger partial charge is 0.273 e. The fraction of sp³-hybridized carbons (Fsp3) is 0.294. The van der Waals surface area contributed by atoms with E-state index in [-0.39, 0.29) is 18.2 Å². The van der Waals surface area contributed by atoms with Crippen molar-refractivity contribution in [3.63, 3.8) is 0 Å². The van der Waals surface area contributed by atoms with Crippen LogP contribution in [0.15, 0.2) is 29.4 Å². The summed E-state index contributed by atoms with van der Waals surface area (Å²) in [5.74, 6) is -0.0180. The van der Waals surface area contributed by atoms with E-state index in [0.29, 0.717) is 23.6 Å². The molecule has 7 heteroatoms. The lowest BCUT2D eigenvalue weighted by atomic mass is 10.1. The van der Waals surface area contributed by atoms with E-state index in [0.717, 1.165) is 16.8 Å². The van der Waals surface area contributed by atoms with Gasteiger partial charge in [-0.3, -0.25) is 14.7 Å². The summed E-state index contributed by atoms with van der Waals surface area (Å²) in [5, 5.41) is 15.1. The van der Waals surface area contributed by atoms with Crippen LogP contribution in [0, 0.1) is 20.8 Å². The van der Waals surface area contributed by atoms with Gasteiger partial charge in [-0.25, -0.2) is 5.01 Å². The molecule has 0 radical (unpaired) electrons. The van der Waals surface area contributed by atoms with Crippen LogP contribution in [0.4, 0.5) is 11.5 Å². The van der Waals surface area contributed by atoms with Crippen LogP contribution in [0.25, 0.3) is 0 Å². The van der Waals surface area contributed by atoms with Gasteiger partial charge >= 0.3 is 0 Å². The molecule has 0 aliphatic carbocycles. The Morgan fingerprint density at radius 3 is 2.71 bits per heavy atom. The minimum atomic E-state index is -0.343. The van der Waals surface area contributed by atoms with Crippen LogP contribution in [-0.2, 0) is 9.59 Å². The van der Waals surface area contributed by atoms with Crippen molar-refractivity contribution in [2.75, 3.05) is 10.3 Å². The van der Waals surface area contributed by atoms with Crippen LogP contribution in [-0.4, -0.2) is 27.7 Å². The van der Waals surface area contributed by atoms with Crippen molar-refractivity contribution >= 4 is 29.0 Å². The van der Waals surface area contributed by atoms with Crippen LogP contribution in [0.3, 0.4) is 0 Å². The molecule has 3 rings (SSSR count). The van der Waals surface area contributed by atoms with Crippen LogP contribution in [0.5, 0.6) is 0 Å². The lowest BCUT2D eigenvalue weighted by Crippen LogP contribution is -2.36. The highest BCUT2D eigenvalue weighted by Crippen LogP contribution is 2.25. The van der Waals surface area contributed by atoms with Crippen molar-refractivity contribution in [1.29, 1.82) is 0 Å². The summed E-state index contributed by atoms with van der Waals surface area (Å²) < 4.78 is 0. The molecule has 0 fully saturated rings. The molecule has 2 aromatic rings. The van der Waals surface area contributed by atoms with Gasteiger partial charge < -0.3 is 5.32 Å². The Morgan fingerprint density at radius 1 is 1.21 bits per heavy atom. The Morgan fingerprint density at radius 2 is 2.00 bits per heavy atom. The van der Waals surface area contributed by atoms with E-state index >= 15 is 0 Å². The lowest BCUT2D eigenvalue weighted by molar-refractivity contribution is -0.118. The van der Waals surface area contributed by atoms with Crippen LogP contribution < -0.4 is 10.3 Å². The Kier molecular flexibility index (Phi) is 4.16. The fourth-order valence-corrected chi connectivity index (χ4v) is 2.52. The summed E-state index contributed by atoms with van der Waals surface area (Å²) in [6, 6.07) is 7.54. The molecule has 1 aliphatic heterocycles. The third-order valence-electron chi connectivity index (χ3n) is 3.84. The third-order valence-corrected chi connectivity index (χ3v) is 3.84. The highest BCUT2D eigenvalue weighted by Gasteiger charge is 2.26. The lowest BCUT2D eigenvalue weighted by Gasteiger charge is -2.24. The number of nitrogens with one attached hydrogen (secondary N) is 2. The number of aryl methyl sites for hydroxylation is 3. The van der Waals surface area contributed by atoms with E-state index in [1.54, 1.807) is 6.07 Å². The van der Waals surface area contributed by atoms with Crippen molar-refractivity contribution in [1.82, 2.24) is 10.2 Å². The average molecular weight is 325 g/mol. The number of hydrogen-bond donors (Lipinski definition) is 2. The van der Waals surface area contributed by atoms with Gasteiger partial charge in [0.15, 0.2) is 5.82 Å². The number of H-pyrrole nitrogens is 1. The molecule has 124 valence electrons. The summed E-state index contributed by atoms with van der Waals surface area (Å²) >= 11 is 0. The quantitative estimate of drug-likeness (QED) is 0.908. The molecule has 0 bridgehead atoms. The summed E-state index contributed by atoms with van der Waals surface area (Å²) in [7, 11) is 0. The van der Waals surface area contributed by atoms with Gasteiger partial charge in [0.1, 0.15) is 5.71 Å². The van der Waals surface area contributed by atoms with Crippen molar-refractivity contribution in [3.05, 3.63) is 41.1 Å². The van der Waals surface area contributed by atoms with E-state index in [2.05, 4.69) is 20.6 Å². The van der Waals surface area contributed by atoms with Gasteiger partial charge in [-0.1, -0.05) is 12.1 Å². The number of carbonyl (C=O) groups is 2. The van der Waals surface area contributed by atoms with E-state index in [9.17, 15) is 9.59 Å². The van der Waals surface area contributed by atoms with Gasteiger partial charge in [-0.15, -0.1) is 0 Å². The number of nitrogens with zero attached hydrogens (tertiary/aromatic N) is 3. The molecule has 2 heterocycles. The van der Waals surface area contributed by atoms with Crippen LogP contribution >= 0.6 is 0 Å². The highest BCUT2D eigenvalue weighted by atomic mass is 16.2. The SMILES string of the molecule is Cc1ccc(C)c(N2N=C(C(=O)Nc3cc(C)[nH]n3)CCC2=O)c1. The zero-order chi connectivity index (χ0) is 17.3. The maximum Gasteiger partial charge on any atom is 0.273 e. The molecule has 24 heavy (non-hydrogen) atoms. The first-order chi connectivity index (χ1) is 11.4. The van der Waals surface area contributed by atoms with E-state index in [1.165, 1.54) is 5.01 Å². The number of hydrazone groups is 1. The minimum Gasteiger partial charge on any atom is -0.304 e. The normalized spacial score (nSPS) is 14.5. The van der Waals surface area contributed by atoms with E-state index < -0.39 is 0 Å². The maximum absolute atomic E-state index is 12.4. The minimum absolute atomic E-state index is 0.115. The highest BCUT2D eigenvalue weighted by molar-refractivity contribution is 6.44. The van der Waals surface area contributed by atoms with E-state index in [4.69, 9.17) is 0 Å². The zero-order valence-corrected chi connectivity index (χ0v) is 13.9. The summed E-state index contributed by atoms with van der Waals surface area (Å²) in [5.41, 5.74) is 3.84. The van der Waals surface area contributed by atoms with Gasteiger partial charge in [0.2, 0.25) is 5.91 Å². The molecule has 1 aromatic heterocycles. The number of benzene rings is 1. The summed E-state index contributed by atoms with van der Waals surface area (Å²) in [6.07, 6.45) is 0.564. The summed E-state index contributed by atoms with van der Waals surface area (Å²) in [4.78, 5) is 24.6. The molecule has 0 atom stereocenters. The van der Waals surface area contributed by atoms with Gasteiger partial charge in [-0.05, 0) is 38.0 Å². The molecule has 2 N–H and O–H groups in total. The van der Waals surface area contributed by atoms with E-state index in [1.807, 2.05) is 39.0 Å². The van der Waals surface area contributed by atoms with Crippen molar-refractivity contribution in [3.8, 4) is 0 Å². The molecule has 1 aromatic carbocycles. The molecule has 0 unspecified atom stereocenters. The number of hydrogen-bond acceptors (Lipinski definition) is 4. The Bertz CT molecular complexity index is 837. The fourth-order valence-electron chi connectivity index (χ4n) is 2.52. The number of rotatable bonds is 3. The predicted molar refractivity (Wildman–Crippen MR) is 92.0 cm³/mol. The molecular weight excluding hydrogens is 306 g/mol. The monoisotopic (exact) mass is 325 g/mol. The predicted octanol–water partition coefficient (Wildman–Crippen LogP) is 2.46. The van der Waals surface area contributed by atoms with Crippen molar-refractivity contribution in [2.24, 2.45) is 5.10 Å². The summed E-state index contributed by atoms with van der Waals surface area (Å²) in [6.45, 7) is 5.72.